The van der Waals surface area contributed by atoms with Gasteiger partial charge in [-0.3, -0.25) is 4.79 Å². The largest absolute Gasteiger partial charge is 0.480 e. The van der Waals surface area contributed by atoms with Crippen LogP contribution in [-0.2, 0) is 4.79 Å². The Morgan fingerprint density at radius 1 is 1.06 bits per heavy atom. The normalized spacial score (nSPS) is 14.7. The van der Waals surface area contributed by atoms with Crippen molar-refractivity contribution in [2.75, 3.05) is 0 Å². The summed E-state index contributed by atoms with van der Waals surface area (Å²) in [6.07, 6.45) is 8.36. The van der Waals surface area contributed by atoms with E-state index in [4.69, 9.17) is 16.6 Å². The molecule has 0 fully saturated rings. The van der Waals surface area contributed by atoms with E-state index in [1.54, 1.807) is 0 Å². The second-order valence-electron chi connectivity index (χ2n) is 4.49. The van der Waals surface area contributed by atoms with Crippen LogP contribution in [0.2, 0.25) is 0 Å². The Morgan fingerprint density at radius 3 is 2.25 bits per heavy atom. The first kappa shape index (κ1) is 15.4. The highest BCUT2D eigenvalue weighted by Crippen LogP contribution is 2.09. The topological polar surface area (TPSA) is 89.3 Å². The van der Waals surface area contributed by atoms with Crippen LogP contribution in [0.25, 0.3) is 0 Å². The van der Waals surface area contributed by atoms with E-state index in [2.05, 4.69) is 6.92 Å². The number of rotatable bonds is 10. The first-order valence-corrected chi connectivity index (χ1v) is 6.31. The molecule has 0 aliphatic heterocycles. The molecule has 0 saturated heterocycles. The molecule has 0 aliphatic rings. The molecule has 96 valence electrons. The number of aliphatic carboxylic acids is 1. The molecule has 0 saturated carbocycles. The lowest BCUT2D eigenvalue weighted by molar-refractivity contribution is -0.138. The molecule has 0 aliphatic carbocycles. The van der Waals surface area contributed by atoms with Crippen LogP contribution in [0.1, 0.15) is 58.3 Å². The summed E-state index contributed by atoms with van der Waals surface area (Å²) in [6.45, 7) is 2.19. The molecular weight excluding hydrogens is 204 g/mol. The van der Waals surface area contributed by atoms with Crippen molar-refractivity contribution in [1.29, 1.82) is 0 Å². The van der Waals surface area contributed by atoms with Gasteiger partial charge < -0.3 is 16.6 Å². The van der Waals surface area contributed by atoms with E-state index < -0.39 is 12.0 Å². The third kappa shape index (κ3) is 8.68. The first-order valence-electron chi connectivity index (χ1n) is 6.31. The van der Waals surface area contributed by atoms with Crippen LogP contribution < -0.4 is 11.5 Å². The number of hydrogen-bond acceptors (Lipinski definition) is 3. The summed E-state index contributed by atoms with van der Waals surface area (Å²) in [4.78, 5) is 10.5. The third-order valence-corrected chi connectivity index (χ3v) is 2.84. The van der Waals surface area contributed by atoms with Crippen molar-refractivity contribution in [3.63, 3.8) is 0 Å². The Labute approximate surface area is 98.4 Å². The molecule has 0 radical (unpaired) electrons. The van der Waals surface area contributed by atoms with Crippen molar-refractivity contribution in [3.8, 4) is 0 Å². The van der Waals surface area contributed by atoms with Gasteiger partial charge in [-0.2, -0.15) is 0 Å². The van der Waals surface area contributed by atoms with Gasteiger partial charge in [0.1, 0.15) is 6.04 Å². The van der Waals surface area contributed by atoms with E-state index in [0.717, 1.165) is 12.8 Å². The standard InChI is InChI=1S/C12H26N2O2/c1-2-3-4-5-6-7-10(13)8-9-11(14)12(15)16/h10-11H,2-9,13-14H2,1H3,(H,15,16). The summed E-state index contributed by atoms with van der Waals surface area (Å²) < 4.78 is 0. The summed E-state index contributed by atoms with van der Waals surface area (Å²) in [5.41, 5.74) is 11.3. The number of nitrogens with two attached hydrogens (primary N) is 2. The lowest BCUT2D eigenvalue weighted by Crippen LogP contribution is -2.32. The Hall–Kier alpha value is -0.610. The average Bonchev–Trinajstić information content (AvgIpc) is 2.25. The summed E-state index contributed by atoms with van der Waals surface area (Å²) in [5.74, 6) is -0.935. The van der Waals surface area contributed by atoms with Crippen LogP contribution in [0, 0.1) is 0 Å². The van der Waals surface area contributed by atoms with Crippen molar-refractivity contribution in [3.05, 3.63) is 0 Å². The van der Waals surface area contributed by atoms with Gasteiger partial charge in [0, 0.05) is 6.04 Å². The van der Waals surface area contributed by atoms with Crippen molar-refractivity contribution in [2.45, 2.75) is 70.4 Å². The van der Waals surface area contributed by atoms with Gasteiger partial charge in [-0.15, -0.1) is 0 Å². The van der Waals surface area contributed by atoms with E-state index in [0.29, 0.717) is 12.8 Å². The number of carboxylic acid groups (broad SMARTS) is 1. The lowest BCUT2D eigenvalue weighted by atomic mass is 10.0. The van der Waals surface area contributed by atoms with Gasteiger partial charge in [0.2, 0.25) is 0 Å². The highest BCUT2D eigenvalue weighted by molar-refractivity contribution is 5.72. The number of carboxylic acids is 1. The number of carbonyl (C=O) groups is 1. The predicted molar refractivity (Wildman–Crippen MR) is 66.2 cm³/mol. The van der Waals surface area contributed by atoms with E-state index in [1.165, 1.54) is 25.7 Å². The predicted octanol–water partition coefficient (Wildman–Crippen LogP) is 1.87. The molecule has 0 aromatic rings. The fourth-order valence-electron chi connectivity index (χ4n) is 1.67. The van der Waals surface area contributed by atoms with Crippen molar-refractivity contribution < 1.29 is 9.90 Å². The quantitative estimate of drug-likeness (QED) is 0.500. The molecular formula is C12H26N2O2. The molecule has 0 spiro atoms. The SMILES string of the molecule is CCCCCCCC(N)CCC(N)C(=O)O. The van der Waals surface area contributed by atoms with Crippen molar-refractivity contribution >= 4 is 5.97 Å². The monoisotopic (exact) mass is 230 g/mol. The minimum Gasteiger partial charge on any atom is -0.480 e. The number of unbranched alkanes of at least 4 members (excludes halogenated alkanes) is 4. The highest BCUT2D eigenvalue weighted by Gasteiger charge is 2.12. The van der Waals surface area contributed by atoms with E-state index in [1.807, 2.05) is 0 Å². The maximum Gasteiger partial charge on any atom is 0.320 e. The van der Waals surface area contributed by atoms with Gasteiger partial charge in [0.15, 0.2) is 0 Å². The average molecular weight is 230 g/mol. The summed E-state index contributed by atoms with van der Waals surface area (Å²) in [5, 5.41) is 8.60. The lowest BCUT2D eigenvalue weighted by Gasteiger charge is -2.12. The molecule has 4 nitrogen and oxygen atoms in total. The maximum atomic E-state index is 10.5. The first-order chi connectivity index (χ1) is 7.57. The van der Waals surface area contributed by atoms with Crippen LogP contribution in [0.3, 0.4) is 0 Å². The zero-order valence-corrected chi connectivity index (χ0v) is 10.3. The minimum absolute atomic E-state index is 0.104. The third-order valence-electron chi connectivity index (χ3n) is 2.84. The van der Waals surface area contributed by atoms with Gasteiger partial charge >= 0.3 is 5.97 Å². The van der Waals surface area contributed by atoms with Gasteiger partial charge in [-0.1, -0.05) is 39.0 Å². The van der Waals surface area contributed by atoms with Crippen LogP contribution in [0.5, 0.6) is 0 Å². The summed E-state index contributed by atoms with van der Waals surface area (Å²) >= 11 is 0. The van der Waals surface area contributed by atoms with Gasteiger partial charge in [-0.25, -0.2) is 0 Å². The molecule has 16 heavy (non-hydrogen) atoms. The van der Waals surface area contributed by atoms with Crippen molar-refractivity contribution in [1.82, 2.24) is 0 Å². The molecule has 0 amide bonds. The molecule has 0 aromatic carbocycles. The molecule has 5 N–H and O–H groups in total. The number of hydrogen-bond donors (Lipinski definition) is 3. The van der Waals surface area contributed by atoms with E-state index >= 15 is 0 Å². The zero-order chi connectivity index (χ0) is 12.4. The second kappa shape index (κ2) is 9.60. The maximum absolute atomic E-state index is 10.5. The molecule has 0 heterocycles. The Balaban J connectivity index is 3.37. The molecule has 0 aromatic heterocycles. The Bertz CT molecular complexity index is 186. The fourth-order valence-corrected chi connectivity index (χ4v) is 1.67. The summed E-state index contributed by atoms with van der Waals surface area (Å²) in [6, 6.07) is -0.654. The highest BCUT2D eigenvalue weighted by atomic mass is 16.4. The minimum atomic E-state index is -0.935. The van der Waals surface area contributed by atoms with E-state index in [9.17, 15) is 4.79 Å². The Morgan fingerprint density at radius 2 is 1.69 bits per heavy atom. The van der Waals surface area contributed by atoms with Crippen LogP contribution >= 0.6 is 0 Å². The van der Waals surface area contributed by atoms with Crippen LogP contribution in [0.4, 0.5) is 0 Å². The Kier molecular flexibility index (Phi) is 9.24. The second-order valence-corrected chi connectivity index (χ2v) is 4.49. The molecule has 0 rings (SSSR count). The summed E-state index contributed by atoms with van der Waals surface area (Å²) in [7, 11) is 0. The molecule has 2 atom stereocenters. The fraction of sp³-hybridized carbons (Fsp3) is 0.917. The molecule has 4 heteroatoms. The van der Waals surface area contributed by atoms with Gasteiger partial charge in [-0.05, 0) is 19.3 Å². The van der Waals surface area contributed by atoms with Crippen LogP contribution in [-0.4, -0.2) is 23.2 Å². The van der Waals surface area contributed by atoms with Gasteiger partial charge in [0.05, 0.1) is 0 Å². The van der Waals surface area contributed by atoms with Crippen LogP contribution in [0.15, 0.2) is 0 Å². The van der Waals surface area contributed by atoms with Gasteiger partial charge in [0.25, 0.3) is 0 Å². The molecule has 0 bridgehead atoms. The van der Waals surface area contributed by atoms with Crippen molar-refractivity contribution in [2.24, 2.45) is 11.5 Å². The zero-order valence-electron chi connectivity index (χ0n) is 10.3. The molecule has 2 unspecified atom stereocenters. The van der Waals surface area contributed by atoms with E-state index in [-0.39, 0.29) is 6.04 Å². The smallest absolute Gasteiger partial charge is 0.320 e.